The van der Waals surface area contributed by atoms with E-state index in [0.717, 1.165) is 24.8 Å². The number of nitrogens with zero attached hydrogens (tertiary/aromatic N) is 1. The van der Waals surface area contributed by atoms with E-state index in [0.29, 0.717) is 6.04 Å². The largest absolute Gasteiger partial charge is 0.469 e. The zero-order chi connectivity index (χ0) is 14.3. The monoisotopic (exact) mass is 277 g/mol. The molecule has 0 aromatic heterocycles. The molecule has 1 aromatic carbocycles. The summed E-state index contributed by atoms with van der Waals surface area (Å²) in [4.78, 5) is 14.5. The molecule has 0 aliphatic carbocycles. The van der Waals surface area contributed by atoms with Crippen molar-refractivity contribution in [1.29, 1.82) is 0 Å². The van der Waals surface area contributed by atoms with E-state index in [1.165, 1.54) is 19.2 Å². The van der Waals surface area contributed by atoms with E-state index in [1.54, 1.807) is 12.1 Å². The number of fused-ring (bicyclic) bond motifs is 2. The lowest BCUT2D eigenvalue weighted by atomic mass is 9.76. The maximum absolute atomic E-state index is 13.1. The molecular formula is C16H20FNO2. The molecule has 0 unspecified atom stereocenters. The normalized spacial score (nSPS) is 33.1. The third-order valence-corrected chi connectivity index (χ3v) is 5.04. The van der Waals surface area contributed by atoms with E-state index >= 15 is 0 Å². The maximum Gasteiger partial charge on any atom is 0.310 e. The van der Waals surface area contributed by atoms with Crippen molar-refractivity contribution in [2.45, 2.75) is 37.3 Å². The van der Waals surface area contributed by atoms with Crippen LogP contribution in [0.2, 0.25) is 0 Å². The van der Waals surface area contributed by atoms with Crippen LogP contribution < -0.4 is 0 Å². The van der Waals surface area contributed by atoms with Crippen LogP contribution in [0.4, 0.5) is 4.39 Å². The Kier molecular flexibility index (Phi) is 3.50. The lowest BCUT2D eigenvalue weighted by molar-refractivity contribution is -0.150. The standard InChI is InChI=1S/C16H20FNO2/c1-18-12-7-8-14(18)15(16(19)20-2)13(9-12)10-3-5-11(17)6-4-10/h3-6,12-15H,7-9H2,1-2H3/t12-,13+,14-,15+/m1/s1. The predicted octanol–water partition coefficient (Wildman–Crippen LogP) is 2.57. The molecule has 1 aromatic rings. The van der Waals surface area contributed by atoms with Crippen LogP contribution in [0.25, 0.3) is 0 Å². The molecule has 2 aliphatic heterocycles. The van der Waals surface area contributed by atoms with Gasteiger partial charge in [-0.15, -0.1) is 0 Å². The molecule has 4 heteroatoms. The van der Waals surface area contributed by atoms with Crippen LogP contribution in [0.5, 0.6) is 0 Å². The third kappa shape index (κ3) is 2.12. The lowest BCUT2D eigenvalue weighted by Gasteiger charge is -2.41. The van der Waals surface area contributed by atoms with Gasteiger partial charge in [0.25, 0.3) is 0 Å². The Morgan fingerprint density at radius 3 is 2.65 bits per heavy atom. The molecule has 3 nitrogen and oxygen atoms in total. The second-order valence-corrected chi connectivity index (χ2v) is 5.91. The molecule has 108 valence electrons. The second kappa shape index (κ2) is 5.17. The molecule has 4 atom stereocenters. The van der Waals surface area contributed by atoms with Crippen LogP contribution in [0.1, 0.15) is 30.7 Å². The van der Waals surface area contributed by atoms with Crippen molar-refractivity contribution in [3.05, 3.63) is 35.6 Å². The van der Waals surface area contributed by atoms with Gasteiger partial charge in [0.05, 0.1) is 13.0 Å². The first kappa shape index (κ1) is 13.6. The van der Waals surface area contributed by atoms with Crippen LogP contribution in [0, 0.1) is 11.7 Å². The Morgan fingerprint density at radius 1 is 1.30 bits per heavy atom. The molecule has 2 bridgehead atoms. The first-order chi connectivity index (χ1) is 9.61. The van der Waals surface area contributed by atoms with Crippen molar-refractivity contribution in [3.8, 4) is 0 Å². The average Bonchev–Trinajstić information content (AvgIpc) is 2.70. The molecule has 2 heterocycles. The Hall–Kier alpha value is -1.42. The number of ether oxygens (including phenoxy) is 1. The van der Waals surface area contributed by atoms with Gasteiger partial charge in [-0.1, -0.05) is 12.1 Å². The summed E-state index contributed by atoms with van der Waals surface area (Å²) in [7, 11) is 3.55. The molecule has 3 rings (SSSR count). The van der Waals surface area contributed by atoms with E-state index in [1.807, 2.05) is 0 Å². The van der Waals surface area contributed by atoms with Crippen molar-refractivity contribution >= 4 is 5.97 Å². The summed E-state index contributed by atoms with van der Waals surface area (Å²) in [5.74, 6) is -0.387. The van der Waals surface area contributed by atoms with Crippen molar-refractivity contribution in [1.82, 2.24) is 4.90 Å². The van der Waals surface area contributed by atoms with Crippen molar-refractivity contribution < 1.29 is 13.9 Å². The van der Waals surface area contributed by atoms with Crippen LogP contribution in [-0.4, -0.2) is 37.1 Å². The highest BCUT2D eigenvalue weighted by Gasteiger charge is 2.49. The number of rotatable bonds is 2. The van der Waals surface area contributed by atoms with Gasteiger partial charge in [0.1, 0.15) is 5.82 Å². The summed E-state index contributed by atoms with van der Waals surface area (Å²) < 4.78 is 18.1. The lowest BCUT2D eigenvalue weighted by Crippen LogP contribution is -2.49. The van der Waals surface area contributed by atoms with E-state index in [2.05, 4.69) is 11.9 Å². The number of carbonyl (C=O) groups excluding carboxylic acids is 1. The second-order valence-electron chi connectivity index (χ2n) is 5.91. The van der Waals surface area contributed by atoms with Gasteiger partial charge in [-0.3, -0.25) is 9.69 Å². The number of hydrogen-bond acceptors (Lipinski definition) is 3. The van der Waals surface area contributed by atoms with E-state index in [-0.39, 0.29) is 29.7 Å². The Labute approximate surface area is 118 Å². The highest BCUT2D eigenvalue weighted by atomic mass is 19.1. The molecule has 0 N–H and O–H groups in total. The predicted molar refractivity (Wildman–Crippen MR) is 73.8 cm³/mol. The van der Waals surface area contributed by atoms with Gasteiger partial charge < -0.3 is 4.74 Å². The highest BCUT2D eigenvalue weighted by Crippen LogP contribution is 2.46. The fourth-order valence-electron chi connectivity index (χ4n) is 3.98. The minimum absolute atomic E-state index is 0.136. The number of piperidine rings is 1. The number of halogens is 1. The van der Waals surface area contributed by atoms with Gasteiger partial charge in [0.15, 0.2) is 0 Å². The van der Waals surface area contributed by atoms with E-state index in [9.17, 15) is 9.18 Å². The summed E-state index contributed by atoms with van der Waals surface area (Å²) in [5, 5.41) is 0. The van der Waals surface area contributed by atoms with Crippen LogP contribution in [0.3, 0.4) is 0 Å². The summed E-state index contributed by atoms with van der Waals surface area (Å²) in [6.07, 6.45) is 3.11. The summed E-state index contributed by atoms with van der Waals surface area (Å²) in [6.45, 7) is 0. The Balaban J connectivity index is 1.95. The molecule has 2 saturated heterocycles. The molecular weight excluding hydrogens is 257 g/mol. The molecule has 0 saturated carbocycles. The molecule has 0 radical (unpaired) electrons. The summed E-state index contributed by atoms with van der Waals surface area (Å²) in [6, 6.07) is 7.34. The number of hydrogen-bond donors (Lipinski definition) is 0. The number of esters is 1. The zero-order valence-corrected chi connectivity index (χ0v) is 11.9. The summed E-state index contributed by atoms with van der Waals surface area (Å²) >= 11 is 0. The topological polar surface area (TPSA) is 29.5 Å². The first-order valence-electron chi connectivity index (χ1n) is 7.17. The molecule has 20 heavy (non-hydrogen) atoms. The molecule has 0 spiro atoms. The van der Waals surface area contributed by atoms with Gasteiger partial charge in [-0.2, -0.15) is 0 Å². The first-order valence-corrected chi connectivity index (χ1v) is 7.17. The van der Waals surface area contributed by atoms with Crippen LogP contribution >= 0.6 is 0 Å². The molecule has 2 aliphatic rings. The van der Waals surface area contributed by atoms with Crippen LogP contribution in [-0.2, 0) is 9.53 Å². The van der Waals surface area contributed by atoms with Gasteiger partial charge in [0, 0.05) is 18.0 Å². The smallest absolute Gasteiger partial charge is 0.310 e. The number of benzene rings is 1. The highest BCUT2D eigenvalue weighted by molar-refractivity contribution is 5.75. The van der Waals surface area contributed by atoms with Crippen molar-refractivity contribution in [2.75, 3.05) is 14.2 Å². The zero-order valence-electron chi connectivity index (χ0n) is 11.9. The van der Waals surface area contributed by atoms with E-state index < -0.39 is 0 Å². The van der Waals surface area contributed by atoms with Crippen molar-refractivity contribution in [3.63, 3.8) is 0 Å². The average molecular weight is 277 g/mol. The maximum atomic E-state index is 13.1. The van der Waals surface area contributed by atoms with Gasteiger partial charge in [0.2, 0.25) is 0 Å². The fraction of sp³-hybridized carbons (Fsp3) is 0.562. The minimum atomic E-state index is -0.237. The van der Waals surface area contributed by atoms with Crippen molar-refractivity contribution in [2.24, 2.45) is 5.92 Å². The number of carbonyl (C=O) groups is 1. The fourth-order valence-corrected chi connectivity index (χ4v) is 3.98. The Bertz CT molecular complexity index is 502. The quantitative estimate of drug-likeness (QED) is 0.778. The molecule has 0 amide bonds. The molecule has 2 fully saturated rings. The van der Waals surface area contributed by atoms with Gasteiger partial charge >= 0.3 is 5.97 Å². The van der Waals surface area contributed by atoms with Gasteiger partial charge in [-0.05, 0) is 44.0 Å². The number of methoxy groups -OCH3 is 1. The Morgan fingerprint density at radius 2 is 2.00 bits per heavy atom. The third-order valence-electron chi connectivity index (χ3n) is 5.04. The minimum Gasteiger partial charge on any atom is -0.469 e. The van der Waals surface area contributed by atoms with E-state index in [4.69, 9.17) is 4.74 Å². The SMILES string of the molecule is COC(=O)[C@@H]1[C@H]2CC[C@H](C[C@H]1c1ccc(F)cc1)N2C. The van der Waals surface area contributed by atoms with Gasteiger partial charge in [-0.25, -0.2) is 4.39 Å². The van der Waals surface area contributed by atoms with Crippen LogP contribution in [0.15, 0.2) is 24.3 Å². The summed E-state index contributed by atoms with van der Waals surface area (Å²) in [5.41, 5.74) is 1.05.